The SMILES string of the molecule is Cc1cccnc1C(NC(=O)C1CCN(CCCOc2ccccc2)CC1)c1ccc(F)cc1. The Morgan fingerprint density at radius 3 is 2.53 bits per heavy atom. The molecule has 1 atom stereocenters. The Kier molecular flexibility index (Phi) is 8.26. The van der Waals surface area contributed by atoms with Crippen molar-refractivity contribution in [2.75, 3.05) is 26.2 Å². The Hall–Kier alpha value is -3.25. The molecular weight excluding hydrogens is 429 g/mol. The molecule has 1 aliphatic rings. The smallest absolute Gasteiger partial charge is 0.224 e. The molecule has 5 nitrogen and oxygen atoms in total. The van der Waals surface area contributed by atoms with E-state index in [0.29, 0.717) is 6.61 Å². The molecule has 6 heteroatoms. The molecule has 1 amide bonds. The van der Waals surface area contributed by atoms with Crippen LogP contribution >= 0.6 is 0 Å². The number of nitrogens with one attached hydrogen (secondary N) is 1. The first kappa shape index (κ1) is 23.9. The number of nitrogens with zero attached hydrogens (tertiary/aromatic N) is 2. The second-order valence-electron chi connectivity index (χ2n) is 8.83. The van der Waals surface area contributed by atoms with E-state index in [0.717, 1.165) is 61.5 Å². The van der Waals surface area contributed by atoms with E-state index in [2.05, 4.69) is 15.2 Å². The minimum atomic E-state index is -0.400. The largest absolute Gasteiger partial charge is 0.494 e. The lowest BCUT2D eigenvalue weighted by atomic mass is 9.93. The first-order valence-corrected chi connectivity index (χ1v) is 12.0. The first-order valence-electron chi connectivity index (χ1n) is 12.0. The van der Waals surface area contributed by atoms with E-state index in [1.807, 2.05) is 49.4 Å². The number of hydrogen-bond donors (Lipinski definition) is 1. The molecule has 0 radical (unpaired) electrons. The Bertz CT molecular complexity index is 1050. The van der Waals surface area contributed by atoms with Crippen LogP contribution in [0, 0.1) is 18.7 Å². The van der Waals surface area contributed by atoms with Gasteiger partial charge >= 0.3 is 0 Å². The molecule has 1 unspecified atom stereocenters. The molecule has 0 spiro atoms. The summed E-state index contributed by atoms with van der Waals surface area (Å²) in [5.74, 6) is 0.597. The van der Waals surface area contributed by atoms with Gasteiger partial charge in [0.05, 0.1) is 18.3 Å². The number of hydrogen-bond acceptors (Lipinski definition) is 4. The second-order valence-corrected chi connectivity index (χ2v) is 8.83. The molecule has 1 N–H and O–H groups in total. The summed E-state index contributed by atoms with van der Waals surface area (Å²) in [6.45, 7) is 5.42. The quantitative estimate of drug-likeness (QED) is 0.460. The van der Waals surface area contributed by atoms with Gasteiger partial charge in [0.25, 0.3) is 0 Å². The van der Waals surface area contributed by atoms with Crippen molar-refractivity contribution in [2.24, 2.45) is 5.92 Å². The maximum atomic E-state index is 13.5. The summed E-state index contributed by atoms with van der Waals surface area (Å²) in [5.41, 5.74) is 2.61. The third-order valence-electron chi connectivity index (χ3n) is 6.40. The zero-order chi connectivity index (χ0) is 23.8. The molecule has 4 rings (SSSR count). The molecule has 3 aromatic rings. The highest BCUT2D eigenvalue weighted by Crippen LogP contribution is 2.26. The molecule has 1 fully saturated rings. The van der Waals surface area contributed by atoms with Gasteiger partial charge in [-0.2, -0.15) is 0 Å². The van der Waals surface area contributed by atoms with E-state index in [1.165, 1.54) is 12.1 Å². The Labute approximate surface area is 201 Å². The number of aromatic nitrogens is 1. The van der Waals surface area contributed by atoms with Crippen molar-refractivity contribution in [2.45, 2.75) is 32.2 Å². The summed E-state index contributed by atoms with van der Waals surface area (Å²) >= 11 is 0. The van der Waals surface area contributed by atoms with Crippen LogP contribution in [0.5, 0.6) is 5.75 Å². The number of para-hydroxylation sites is 1. The Morgan fingerprint density at radius 2 is 1.82 bits per heavy atom. The summed E-state index contributed by atoms with van der Waals surface area (Å²) in [7, 11) is 0. The lowest BCUT2D eigenvalue weighted by Crippen LogP contribution is -2.42. The van der Waals surface area contributed by atoms with Crippen molar-refractivity contribution < 1.29 is 13.9 Å². The molecule has 2 heterocycles. The maximum absolute atomic E-state index is 13.5. The standard InChI is InChI=1S/C28H32FN3O2/c1-21-7-5-16-30-26(21)27(22-10-12-24(29)13-11-22)31-28(33)23-14-18-32(19-15-23)17-6-20-34-25-8-3-2-4-9-25/h2-5,7-13,16,23,27H,6,14-15,17-20H2,1H3,(H,31,33). The molecule has 1 aliphatic heterocycles. The van der Waals surface area contributed by atoms with Crippen molar-refractivity contribution in [1.29, 1.82) is 0 Å². The van der Waals surface area contributed by atoms with E-state index in [1.54, 1.807) is 18.3 Å². The van der Waals surface area contributed by atoms with Gasteiger partial charge in [-0.3, -0.25) is 9.78 Å². The van der Waals surface area contributed by atoms with Crippen molar-refractivity contribution in [3.8, 4) is 5.75 Å². The topological polar surface area (TPSA) is 54.5 Å². The fraction of sp³-hybridized carbons (Fsp3) is 0.357. The number of aryl methyl sites for hydroxylation is 1. The predicted octanol–water partition coefficient (Wildman–Crippen LogP) is 4.92. The third kappa shape index (κ3) is 6.41. The normalized spacial score (nSPS) is 15.6. The highest BCUT2D eigenvalue weighted by molar-refractivity contribution is 5.79. The van der Waals surface area contributed by atoms with Gasteiger partial charge in [0.1, 0.15) is 11.6 Å². The summed E-state index contributed by atoms with van der Waals surface area (Å²) in [6.07, 6.45) is 4.33. The van der Waals surface area contributed by atoms with Gasteiger partial charge in [-0.1, -0.05) is 36.4 Å². The summed E-state index contributed by atoms with van der Waals surface area (Å²) in [6, 6.07) is 19.6. The molecular formula is C28H32FN3O2. The van der Waals surface area contributed by atoms with Gasteiger partial charge < -0.3 is 15.0 Å². The van der Waals surface area contributed by atoms with Gasteiger partial charge in [-0.25, -0.2) is 4.39 Å². The number of rotatable bonds is 9. The number of carbonyl (C=O) groups excluding carboxylic acids is 1. The number of pyridine rings is 1. The van der Waals surface area contributed by atoms with Crippen LogP contribution in [0.15, 0.2) is 72.9 Å². The van der Waals surface area contributed by atoms with Crippen LogP contribution in [0.25, 0.3) is 0 Å². The van der Waals surface area contributed by atoms with Crippen molar-refractivity contribution in [1.82, 2.24) is 15.2 Å². The molecule has 1 aromatic heterocycles. The highest BCUT2D eigenvalue weighted by atomic mass is 19.1. The maximum Gasteiger partial charge on any atom is 0.224 e. The number of benzene rings is 2. The van der Waals surface area contributed by atoms with Crippen LogP contribution in [0.3, 0.4) is 0 Å². The Morgan fingerprint density at radius 1 is 1.09 bits per heavy atom. The van der Waals surface area contributed by atoms with Crippen molar-refractivity contribution in [3.05, 3.63) is 95.6 Å². The highest BCUT2D eigenvalue weighted by Gasteiger charge is 2.28. The van der Waals surface area contributed by atoms with Gasteiger partial charge in [0, 0.05) is 18.7 Å². The van der Waals surface area contributed by atoms with Gasteiger partial charge in [-0.05, 0) is 80.7 Å². The van der Waals surface area contributed by atoms with Crippen molar-refractivity contribution >= 4 is 5.91 Å². The number of carbonyl (C=O) groups is 1. The molecule has 2 aromatic carbocycles. The predicted molar refractivity (Wildman–Crippen MR) is 131 cm³/mol. The molecule has 1 saturated heterocycles. The average Bonchev–Trinajstić information content (AvgIpc) is 2.87. The minimum absolute atomic E-state index is 0.0337. The van der Waals surface area contributed by atoms with Crippen LogP contribution in [-0.2, 0) is 4.79 Å². The van der Waals surface area contributed by atoms with Crippen LogP contribution in [-0.4, -0.2) is 42.0 Å². The summed E-state index contributed by atoms with van der Waals surface area (Å²) in [5, 5.41) is 3.20. The first-order chi connectivity index (χ1) is 16.6. The zero-order valence-electron chi connectivity index (χ0n) is 19.6. The van der Waals surface area contributed by atoms with Crippen molar-refractivity contribution in [3.63, 3.8) is 0 Å². The minimum Gasteiger partial charge on any atom is -0.494 e. The van der Waals surface area contributed by atoms with Gasteiger partial charge in [0.2, 0.25) is 5.91 Å². The van der Waals surface area contributed by atoms with E-state index >= 15 is 0 Å². The van der Waals surface area contributed by atoms with Crippen LogP contribution in [0.4, 0.5) is 4.39 Å². The lowest BCUT2D eigenvalue weighted by Gasteiger charge is -2.32. The van der Waals surface area contributed by atoms with Crippen LogP contribution < -0.4 is 10.1 Å². The van der Waals surface area contributed by atoms with E-state index < -0.39 is 6.04 Å². The van der Waals surface area contributed by atoms with E-state index in [4.69, 9.17) is 4.74 Å². The Balaban J connectivity index is 1.30. The summed E-state index contributed by atoms with van der Waals surface area (Å²) in [4.78, 5) is 20.1. The summed E-state index contributed by atoms with van der Waals surface area (Å²) < 4.78 is 19.3. The molecule has 0 saturated carbocycles. The van der Waals surface area contributed by atoms with E-state index in [9.17, 15) is 9.18 Å². The lowest BCUT2D eigenvalue weighted by molar-refractivity contribution is -0.127. The van der Waals surface area contributed by atoms with Crippen LogP contribution in [0.2, 0.25) is 0 Å². The van der Waals surface area contributed by atoms with E-state index in [-0.39, 0.29) is 17.6 Å². The molecule has 34 heavy (non-hydrogen) atoms. The second kappa shape index (κ2) is 11.7. The number of ether oxygens (including phenoxy) is 1. The number of halogens is 1. The molecule has 178 valence electrons. The molecule has 0 aliphatic carbocycles. The number of likely N-dealkylation sites (tertiary alicyclic amines) is 1. The van der Waals surface area contributed by atoms with Gasteiger partial charge in [-0.15, -0.1) is 0 Å². The fourth-order valence-corrected chi connectivity index (χ4v) is 4.44. The monoisotopic (exact) mass is 461 g/mol. The third-order valence-corrected chi connectivity index (χ3v) is 6.40. The van der Waals surface area contributed by atoms with Gasteiger partial charge in [0.15, 0.2) is 0 Å². The van der Waals surface area contributed by atoms with Crippen LogP contribution in [0.1, 0.15) is 42.1 Å². The average molecular weight is 462 g/mol. The number of piperidine rings is 1. The molecule has 0 bridgehead atoms. The zero-order valence-corrected chi connectivity index (χ0v) is 19.6. The fourth-order valence-electron chi connectivity index (χ4n) is 4.44. The number of amides is 1.